The quantitative estimate of drug-likeness (QED) is 0.800. The van der Waals surface area contributed by atoms with Crippen molar-refractivity contribution in [2.45, 2.75) is 44.0 Å². The fraction of sp³-hybridized carbons (Fsp3) is 0.625. The van der Waals surface area contributed by atoms with E-state index >= 15 is 0 Å². The molecule has 0 heterocycles. The van der Waals surface area contributed by atoms with Gasteiger partial charge in [-0.15, -0.1) is 0 Å². The molecule has 116 valence electrons. The lowest BCUT2D eigenvalue weighted by atomic mass is 10.1. The van der Waals surface area contributed by atoms with E-state index in [2.05, 4.69) is 11.4 Å². The molecule has 0 spiro atoms. The fourth-order valence-electron chi connectivity index (χ4n) is 2.48. The summed E-state index contributed by atoms with van der Waals surface area (Å²) in [5, 5.41) is 3.46. The van der Waals surface area contributed by atoms with Crippen LogP contribution in [0.15, 0.2) is 24.3 Å². The minimum absolute atomic E-state index is 0.105. The van der Waals surface area contributed by atoms with Gasteiger partial charge in [0.05, 0.1) is 5.75 Å². The summed E-state index contributed by atoms with van der Waals surface area (Å²) < 4.78 is 26.2. The molecule has 0 radical (unpaired) electrons. The molecule has 0 saturated heterocycles. The zero-order valence-corrected chi connectivity index (χ0v) is 13.4. The maximum Gasteiger partial charge on any atom is 0.218 e. The molecule has 2 fully saturated rings. The van der Waals surface area contributed by atoms with Crippen molar-refractivity contribution in [2.24, 2.45) is 5.92 Å². The first kappa shape index (κ1) is 15.0. The van der Waals surface area contributed by atoms with Crippen molar-refractivity contribution in [1.82, 2.24) is 9.62 Å². The Morgan fingerprint density at radius 3 is 2.57 bits per heavy atom. The van der Waals surface area contributed by atoms with Gasteiger partial charge in [0.2, 0.25) is 10.0 Å². The van der Waals surface area contributed by atoms with Crippen molar-refractivity contribution in [3.63, 3.8) is 0 Å². The molecule has 21 heavy (non-hydrogen) atoms. The predicted molar refractivity (Wildman–Crippen MR) is 84.3 cm³/mol. The summed E-state index contributed by atoms with van der Waals surface area (Å²) >= 11 is 0. The average molecular weight is 308 g/mol. The van der Waals surface area contributed by atoms with Gasteiger partial charge in [-0.3, -0.25) is 0 Å². The lowest BCUT2D eigenvalue weighted by Crippen LogP contribution is -2.30. The minimum atomic E-state index is -3.19. The lowest BCUT2D eigenvalue weighted by molar-refractivity contribution is 0.452. The van der Waals surface area contributed by atoms with Gasteiger partial charge >= 0.3 is 0 Å². The highest BCUT2D eigenvalue weighted by molar-refractivity contribution is 7.88. The summed E-state index contributed by atoms with van der Waals surface area (Å²) in [7, 11) is -1.49. The molecule has 1 aromatic carbocycles. The molecule has 0 bridgehead atoms. The van der Waals surface area contributed by atoms with Gasteiger partial charge in [-0.2, -0.15) is 0 Å². The first-order chi connectivity index (χ1) is 10.0. The lowest BCUT2D eigenvalue weighted by Gasteiger charge is -2.17. The van der Waals surface area contributed by atoms with Gasteiger partial charge < -0.3 is 5.32 Å². The van der Waals surface area contributed by atoms with Gasteiger partial charge in [0, 0.05) is 26.2 Å². The maximum atomic E-state index is 12.4. The monoisotopic (exact) mass is 308 g/mol. The van der Waals surface area contributed by atoms with E-state index in [4.69, 9.17) is 0 Å². The second-order valence-electron chi connectivity index (χ2n) is 6.46. The van der Waals surface area contributed by atoms with E-state index in [0.29, 0.717) is 18.5 Å². The number of sulfonamides is 1. The third-order valence-electron chi connectivity index (χ3n) is 4.20. The SMILES string of the molecule is CN(CC1CC1)S(=O)(=O)Cc1cccc(CNC2CC2)c1. The summed E-state index contributed by atoms with van der Waals surface area (Å²) in [5.41, 5.74) is 2.05. The minimum Gasteiger partial charge on any atom is -0.310 e. The van der Waals surface area contributed by atoms with Gasteiger partial charge in [-0.1, -0.05) is 24.3 Å². The number of benzene rings is 1. The van der Waals surface area contributed by atoms with Crippen molar-refractivity contribution in [3.05, 3.63) is 35.4 Å². The highest BCUT2D eigenvalue weighted by atomic mass is 32.2. The van der Waals surface area contributed by atoms with Gasteiger partial charge in [0.15, 0.2) is 0 Å². The summed E-state index contributed by atoms with van der Waals surface area (Å²) in [5.74, 6) is 0.687. The largest absolute Gasteiger partial charge is 0.310 e. The van der Waals surface area contributed by atoms with E-state index in [1.54, 1.807) is 7.05 Å². The van der Waals surface area contributed by atoms with Crippen LogP contribution in [0.25, 0.3) is 0 Å². The van der Waals surface area contributed by atoms with Gasteiger partial charge in [0.25, 0.3) is 0 Å². The normalized spacial score (nSPS) is 19.1. The van der Waals surface area contributed by atoms with Crippen LogP contribution in [0.5, 0.6) is 0 Å². The number of nitrogens with one attached hydrogen (secondary N) is 1. The van der Waals surface area contributed by atoms with Gasteiger partial charge in [-0.05, 0) is 42.7 Å². The molecule has 0 aromatic heterocycles. The van der Waals surface area contributed by atoms with Crippen molar-refractivity contribution in [1.29, 1.82) is 0 Å². The Bertz CT molecular complexity index is 592. The zero-order chi connectivity index (χ0) is 14.9. The molecule has 4 nitrogen and oxygen atoms in total. The van der Waals surface area contributed by atoms with E-state index in [-0.39, 0.29) is 5.75 Å². The number of nitrogens with zero attached hydrogens (tertiary/aromatic N) is 1. The Hall–Kier alpha value is -0.910. The predicted octanol–water partition coefficient (Wildman–Crippen LogP) is 2.11. The highest BCUT2D eigenvalue weighted by Crippen LogP contribution is 2.30. The van der Waals surface area contributed by atoms with Crippen LogP contribution >= 0.6 is 0 Å². The molecule has 1 aromatic rings. The summed E-state index contributed by atoms with van der Waals surface area (Å²) in [6.07, 6.45) is 4.87. The third kappa shape index (κ3) is 4.53. The Morgan fingerprint density at radius 2 is 1.90 bits per heavy atom. The van der Waals surface area contributed by atoms with Crippen LogP contribution in [0.1, 0.15) is 36.8 Å². The van der Waals surface area contributed by atoms with Gasteiger partial charge in [-0.25, -0.2) is 12.7 Å². The van der Waals surface area contributed by atoms with Crippen molar-refractivity contribution < 1.29 is 8.42 Å². The Morgan fingerprint density at radius 1 is 1.19 bits per heavy atom. The van der Waals surface area contributed by atoms with E-state index in [0.717, 1.165) is 12.1 Å². The van der Waals surface area contributed by atoms with E-state index < -0.39 is 10.0 Å². The Labute approximate surface area is 127 Å². The molecular weight excluding hydrogens is 284 g/mol. The van der Waals surface area contributed by atoms with E-state index in [1.807, 2.05) is 18.2 Å². The van der Waals surface area contributed by atoms with Crippen molar-refractivity contribution in [2.75, 3.05) is 13.6 Å². The van der Waals surface area contributed by atoms with Crippen LogP contribution in [-0.4, -0.2) is 32.4 Å². The van der Waals surface area contributed by atoms with Crippen LogP contribution in [-0.2, 0) is 22.3 Å². The van der Waals surface area contributed by atoms with Crippen molar-refractivity contribution in [3.8, 4) is 0 Å². The molecule has 2 aliphatic carbocycles. The number of hydrogen-bond acceptors (Lipinski definition) is 3. The average Bonchev–Trinajstić information content (AvgIpc) is 3.31. The second-order valence-corrected chi connectivity index (χ2v) is 8.53. The zero-order valence-electron chi connectivity index (χ0n) is 12.6. The van der Waals surface area contributed by atoms with Crippen LogP contribution in [0.4, 0.5) is 0 Å². The smallest absolute Gasteiger partial charge is 0.218 e. The summed E-state index contributed by atoms with van der Waals surface area (Å²) in [6.45, 7) is 1.50. The summed E-state index contributed by atoms with van der Waals surface area (Å²) in [4.78, 5) is 0. The Kier molecular flexibility index (Phi) is 4.33. The molecule has 0 unspecified atom stereocenters. The first-order valence-electron chi connectivity index (χ1n) is 7.78. The molecule has 0 atom stereocenters. The molecule has 5 heteroatoms. The van der Waals surface area contributed by atoms with Crippen LogP contribution < -0.4 is 5.32 Å². The molecule has 0 amide bonds. The first-order valence-corrected chi connectivity index (χ1v) is 9.39. The van der Waals surface area contributed by atoms with Crippen LogP contribution in [0, 0.1) is 5.92 Å². The fourth-order valence-corrected chi connectivity index (χ4v) is 3.74. The molecule has 2 saturated carbocycles. The standard InChI is InChI=1S/C16H24N2O2S/c1-18(11-13-5-6-13)21(19,20)12-15-4-2-3-14(9-15)10-17-16-7-8-16/h2-4,9,13,16-17H,5-8,10-12H2,1H3. The van der Waals surface area contributed by atoms with E-state index in [9.17, 15) is 8.42 Å². The molecule has 3 rings (SSSR count). The van der Waals surface area contributed by atoms with E-state index in [1.165, 1.54) is 35.6 Å². The van der Waals surface area contributed by atoms with Crippen molar-refractivity contribution >= 4 is 10.0 Å². The summed E-state index contributed by atoms with van der Waals surface area (Å²) in [6, 6.07) is 8.60. The molecule has 1 N–H and O–H groups in total. The molecule has 2 aliphatic rings. The highest BCUT2D eigenvalue weighted by Gasteiger charge is 2.28. The molecule has 0 aliphatic heterocycles. The Balaban J connectivity index is 1.60. The third-order valence-corrected chi connectivity index (χ3v) is 6.00. The van der Waals surface area contributed by atoms with Gasteiger partial charge in [0.1, 0.15) is 0 Å². The topological polar surface area (TPSA) is 49.4 Å². The van der Waals surface area contributed by atoms with Crippen LogP contribution in [0.2, 0.25) is 0 Å². The number of rotatable bonds is 8. The molecular formula is C16H24N2O2S. The second kappa shape index (κ2) is 6.07. The maximum absolute atomic E-state index is 12.4. The number of hydrogen-bond donors (Lipinski definition) is 1. The van der Waals surface area contributed by atoms with Crippen LogP contribution in [0.3, 0.4) is 0 Å².